The summed E-state index contributed by atoms with van der Waals surface area (Å²) in [4.78, 5) is 36.1. The van der Waals surface area contributed by atoms with Gasteiger partial charge in [0.25, 0.3) is 0 Å². The van der Waals surface area contributed by atoms with Crippen molar-refractivity contribution in [3.63, 3.8) is 0 Å². The van der Waals surface area contributed by atoms with E-state index >= 15 is 0 Å². The Hall–Kier alpha value is -2.68. The minimum Gasteiger partial charge on any atom is -0.467 e. The van der Waals surface area contributed by atoms with Crippen LogP contribution in [0.2, 0.25) is 0 Å². The second-order valence-electron chi connectivity index (χ2n) is 5.17. The molecule has 1 amide bonds. The van der Waals surface area contributed by atoms with Crippen molar-refractivity contribution in [3.05, 3.63) is 34.9 Å². The molecule has 9 nitrogen and oxygen atoms in total. The highest BCUT2D eigenvalue weighted by Crippen LogP contribution is 2.07. The predicted octanol–water partition coefficient (Wildman–Crippen LogP) is -0.810. The van der Waals surface area contributed by atoms with Crippen molar-refractivity contribution < 1.29 is 19.1 Å². The van der Waals surface area contributed by atoms with Crippen molar-refractivity contribution in [1.82, 2.24) is 19.5 Å². The van der Waals surface area contributed by atoms with Gasteiger partial charge in [0.1, 0.15) is 6.54 Å². The molecule has 0 aromatic carbocycles. The zero-order valence-corrected chi connectivity index (χ0v) is 13.1. The Bertz CT molecular complexity index is 781. The Morgan fingerprint density at radius 3 is 2.70 bits per heavy atom. The summed E-state index contributed by atoms with van der Waals surface area (Å²) in [5, 5.41) is 6.57. The molecule has 0 saturated carbocycles. The first kappa shape index (κ1) is 16.7. The number of nitrogens with one attached hydrogen (secondary N) is 1. The number of methoxy groups -OCH3 is 2. The maximum absolute atomic E-state index is 12.2. The van der Waals surface area contributed by atoms with Gasteiger partial charge in [0.05, 0.1) is 13.7 Å². The van der Waals surface area contributed by atoms with Crippen LogP contribution in [0.25, 0.3) is 5.65 Å². The Kier molecular flexibility index (Phi) is 4.80. The van der Waals surface area contributed by atoms with Gasteiger partial charge in [0.15, 0.2) is 11.2 Å². The van der Waals surface area contributed by atoms with Crippen LogP contribution in [0.5, 0.6) is 0 Å². The van der Waals surface area contributed by atoms with Crippen LogP contribution in [0, 0.1) is 0 Å². The van der Waals surface area contributed by atoms with E-state index in [1.807, 2.05) is 0 Å². The van der Waals surface area contributed by atoms with Gasteiger partial charge in [-0.15, -0.1) is 5.10 Å². The maximum atomic E-state index is 12.2. The Morgan fingerprint density at radius 1 is 1.35 bits per heavy atom. The molecule has 0 radical (unpaired) electrons. The average molecular weight is 322 g/mol. The topological polar surface area (TPSA) is 104 Å². The summed E-state index contributed by atoms with van der Waals surface area (Å²) in [5.41, 5.74) is -1.36. The van der Waals surface area contributed by atoms with Gasteiger partial charge in [-0.2, -0.15) is 0 Å². The summed E-state index contributed by atoms with van der Waals surface area (Å²) >= 11 is 0. The molecule has 9 heteroatoms. The molecule has 0 unspecified atom stereocenters. The van der Waals surface area contributed by atoms with Gasteiger partial charge in [-0.3, -0.25) is 9.20 Å². The van der Waals surface area contributed by atoms with Gasteiger partial charge in [0.2, 0.25) is 5.91 Å². The number of rotatable bonds is 6. The van der Waals surface area contributed by atoms with E-state index in [0.29, 0.717) is 5.65 Å². The maximum Gasteiger partial charge on any atom is 0.350 e. The normalized spacial score (nSPS) is 13.5. The Balaban J connectivity index is 2.18. The number of carbonyl (C=O) groups is 2. The highest BCUT2D eigenvalue weighted by atomic mass is 16.5. The van der Waals surface area contributed by atoms with Crippen molar-refractivity contribution in [2.45, 2.75) is 19.0 Å². The number of pyridine rings is 1. The molecule has 0 bridgehead atoms. The third kappa shape index (κ3) is 3.39. The van der Waals surface area contributed by atoms with Gasteiger partial charge in [0, 0.05) is 13.3 Å². The average Bonchev–Trinajstić information content (AvgIpc) is 2.83. The molecule has 0 aliphatic heterocycles. The monoisotopic (exact) mass is 322 g/mol. The molecule has 0 aliphatic rings. The third-order valence-corrected chi connectivity index (χ3v) is 3.27. The van der Waals surface area contributed by atoms with Crippen molar-refractivity contribution >= 4 is 17.5 Å². The van der Waals surface area contributed by atoms with Crippen LogP contribution in [0.3, 0.4) is 0 Å². The molecule has 0 saturated heterocycles. The summed E-state index contributed by atoms with van der Waals surface area (Å²) in [6, 6.07) is 5.08. The van der Waals surface area contributed by atoms with Gasteiger partial charge >= 0.3 is 11.7 Å². The summed E-state index contributed by atoms with van der Waals surface area (Å²) in [7, 11) is 2.62. The van der Waals surface area contributed by atoms with E-state index in [1.54, 1.807) is 24.4 Å². The van der Waals surface area contributed by atoms with E-state index in [2.05, 4.69) is 15.2 Å². The highest BCUT2D eigenvalue weighted by molar-refractivity contribution is 5.87. The molecule has 0 fully saturated rings. The summed E-state index contributed by atoms with van der Waals surface area (Å²) < 4.78 is 12.0. The molecule has 0 aliphatic carbocycles. The lowest BCUT2D eigenvalue weighted by atomic mass is 10.0. The van der Waals surface area contributed by atoms with Crippen molar-refractivity contribution in [3.8, 4) is 0 Å². The number of hydrogen-bond donors (Lipinski definition) is 1. The lowest BCUT2D eigenvalue weighted by molar-refractivity contribution is -0.152. The number of fused-ring (bicyclic) bond motifs is 1. The largest absolute Gasteiger partial charge is 0.467 e. The second-order valence-corrected chi connectivity index (χ2v) is 5.17. The molecule has 23 heavy (non-hydrogen) atoms. The standard InChI is InChI=1S/C14H18N4O5/c1-14(9-22-2,12(20)23-3)15-11(19)8-18-13(21)17-7-5-4-6-10(17)16-18/h4-7H,8-9H2,1-3H3,(H,15,19)/t14-/m1/s1. The van der Waals surface area contributed by atoms with E-state index < -0.39 is 23.1 Å². The first-order valence-electron chi connectivity index (χ1n) is 6.84. The fourth-order valence-corrected chi connectivity index (χ4v) is 2.21. The lowest BCUT2D eigenvalue weighted by Gasteiger charge is -2.26. The van der Waals surface area contributed by atoms with Crippen LogP contribution < -0.4 is 11.0 Å². The summed E-state index contributed by atoms with van der Waals surface area (Å²) in [6.45, 7) is 1.09. The zero-order valence-electron chi connectivity index (χ0n) is 13.1. The number of ether oxygens (including phenoxy) is 2. The fraction of sp³-hybridized carbons (Fsp3) is 0.429. The molecule has 1 atom stereocenters. The third-order valence-electron chi connectivity index (χ3n) is 3.27. The predicted molar refractivity (Wildman–Crippen MR) is 79.9 cm³/mol. The number of amides is 1. The SMILES string of the molecule is COC[C@@](C)(NC(=O)Cn1nc2ccccn2c1=O)C(=O)OC. The number of nitrogens with zero attached hydrogens (tertiary/aromatic N) is 3. The molecule has 2 aromatic heterocycles. The van der Waals surface area contributed by atoms with E-state index in [4.69, 9.17) is 4.74 Å². The molecule has 2 heterocycles. The number of carbonyl (C=O) groups excluding carboxylic acids is 2. The number of aromatic nitrogens is 3. The summed E-state index contributed by atoms with van der Waals surface area (Å²) in [6.07, 6.45) is 1.56. The van der Waals surface area contributed by atoms with Crippen LogP contribution in [0.15, 0.2) is 29.2 Å². The first-order chi connectivity index (χ1) is 10.9. The number of esters is 1. The van der Waals surface area contributed by atoms with E-state index in [1.165, 1.54) is 25.5 Å². The molecule has 2 aromatic rings. The Morgan fingerprint density at radius 2 is 2.09 bits per heavy atom. The smallest absolute Gasteiger partial charge is 0.350 e. The lowest BCUT2D eigenvalue weighted by Crippen LogP contribution is -2.56. The van der Waals surface area contributed by atoms with Crippen LogP contribution >= 0.6 is 0 Å². The quantitative estimate of drug-likeness (QED) is 0.698. The molecule has 0 spiro atoms. The molecule has 124 valence electrons. The Labute approximate surface area is 131 Å². The summed E-state index contributed by atoms with van der Waals surface area (Å²) in [5.74, 6) is -1.20. The van der Waals surface area contributed by atoms with Gasteiger partial charge in [-0.1, -0.05) is 6.07 Å². The van der Waals surface area contributed by atoms with Crippen molar-refractivity contribution in [1.29, 1.82) is 0 Å². The van der Waals surface area contributed by atoms with E-state index in [0.717, 1.165) is 4.68 Å². The highest BCUT2D eigenvalue weighted by Gasteiger charge is 2.36. The van der Waals surface area contributed by atoms with Crippen molar-refractivity contribution in [2.24, 2.45) is 0 Å². The van der Waals surface area contributed by atoms with Gasteiger partial charge < -0.3 is 14.8 Å². The molecular weight excluding hydrogens is 304 g/mol. The van der Waals surface area contributed by atoms with Gasteiger partial charge in [-0.05, 0) is 19.1 Å². The van der Waals surface area contributed by atoms with Gasteiger partial charge in [-0.25, -0.2) is 14.3 Å². The second kappa shape index (κ2) is 6.61. The first-order valence-corrected chi connectivity index (χ1v) is 6.84. The fourth-order valence-electron chi connectivity index (χ4n) is 2.21. The van der Waals surface area contributed by atoms with E-state index in [-0.39, 0.29) is 13.2 Å². The van der Waals surface area contributed by atoms with Crippen LogP contribution in [0.1, 0.15) is 6.92 Å². The molecule has 2 rings (SSSR count). The zero-order chi connectivity index (χ0) is 17.0. The number of hydrogen-bond acceptors (Lipinski definition) is 6. The van der Waals surface area contributed by atoms with Crippen LogP contribution in [-0.4, -0.2) is 52.4 Å². The van der Waals surface area contributed by atoms with Crippen molar-refractivity contribution in [2.75, 3.05) is 20.8 Å². The minimum atomic E-state index is -1.34. The molecular formula is C14H18N4O5. The van der Waals surface area contributed by atoms with Crippen LogP contribution in [0.4, 0.5) is 0 Å². The molecule has 1 N–H and O–H groups in total. The minimum absolute atomic E-state index is 0.0640. The van der Waals surface area contributed by atoms with Crippen LogP contribution in [-0.2, 0) is 25.6 Å². The van der Waals surface area contributed by atoms with E-state index in [9.17, 15) is 14.4 Å².